The summed E-state index contributed by atoms with van der Waals surface area (Å²) in [6, 6.07) is 3.13. The molecule has 0 amide bonds. The first-order valence-electron chi connectivity index (χ1n) is 6.08. The van der Waals surface area contributed by atoms with E-state index in [4.69, 9.17) is 14.4 Å². The van der Waals surface area contributed by atoms with Crippen molar-refractivity contribution in [2.24, 2.45) is 5.14 Å². The summed E-state index contributed by atoms with van der Waals surface area (Å²) in [5.41, 5.74) is 0.632. The van der Waals surface area contributed by atoms with Crippen molar-refractivity contribution in [1.29, 1.82) is 0 Å². The Morgan fingerprint density at radius 3 is 2.71 bits per heavy atom. The molecule has 0 aliphatic rings. The van der Waals surface area contributed by atoms with Gasteiger partial charge in [0.1, 0.15) is 10.6 Å². The summed E-state index contributed by atoms with van der Waals surface area (Å²) in [7, 11) is -3.90. The van der Waals surface area contributed by atoms with Crippen LogP contribution in [-0.4, -0.2) is 18.6 Å². The van der Waals surface area contributed by atoms with E-state index in [2.05, 4.69) is 26.1 Å². The van der Waals surface area contributed by atoms with E-state index in [1.54, 1.807) is 13.0 Å². The van der Waals surface area contributed by atoms with Crippen LogP contribution in [0.1, 0.15) is 24.2 Å². The fraction of sp³-hybridized carbons (Fsp3) is 0.333. The lowest BCUT2D eigenvalue weighted by molar-refractivity contribution is 0.276. The van der Waals surface area contributed by atoms with Gasteiger partial charge in [0.2, 0.25) is 21.7 Å². The first kappa shape index (κ1) is 15.9. The number of rotatable bonds is 5. The number of nitrogens with zero attached hydrogens (tertiary/aromatic N) is 2. The first-order valence-corrected chi connectivity index (χ1v) is 8.42. The van der Waals surface area contributed by atoms with Gasteiger partial charge in [-0.05, 0) is 24.6 Å². The van der Waals surface area contributed by atoms with E-state index in [9.17, 15) is 8.42 Å². The normalized spacial score (nSPS) is 11.6. The number of hydrogen-bond donors (Lipinski definition) is 1. The van der Waals surface area contributed by atoms with Gasteiger partial charge in [-0.1, -0.05) is 28.0 Å². The molecule has 114 valence electrons. The summed E-state index contributed by atoms with van der Waals surface area (Å²) >= 11 is 3.23. The van der Waals surface area contributed by atoms with Crippen molar-refractivity contribution in [1.82, 2.24) is 10.1 Å². The zero-order valence-corrected chi connectivity index (χ0v) is 13.9. The Morgan fingerprint density at radius 1 is 1.43 bits per heavy atom. The standard InChI is InChI=1S/C12H14BrN3O4S/c1-3-11-15-10(16-20-11)6-19-12-7(2)4-8(13)5-9(12)21(14,17)18/h4-5H,3,6H2,1-2H3,(H2,14,17,18). The zero-order chi connectivity index (χ0) is 15.6. The maximum atomic E-state index is 11.6. The average Bonchev–Trinajstić information content (AvgIpc) is 2.83. The van der Waals surface area contributed by atoms with Crippen LogP contribution in [0, 0.1) is 6.92 Å². The van der Waals surface area contributed by atoms with E-state index in [1.807, 2.05) is 6.92 Å². The Morgan fingerprint density at radius 2 is 2.14 bits per heavy atom. The van der Waals surface area contributed by atoms with E-state index >= 15 is 0 Å². The number of primary sulfonamides is 1. The van der Waals surface area contributed by atoms with E-state index in [1.165, 1.54) is 6.07 Å². The van der Waals surface area contributed by atoms with Crippen LogP contribution in [0.5, 0.6) is 5.75 Å². The molecule has 21 heavy (non-hydrogen) atoms. The molecule has 0 bridgehead atoms. The molecule has 0 spiro atoms. The van der Waals surface area contributed by atoms with Gasteiger partial charge in [-0.2, -0.15) is 4.98 Å². The van der Waals surface area contributed by atoms with Gasteiger partial charge in [-0.25, -0.2) is 13.6 Å². The number of nitrogens with two attached hydrogens (primary N) is 1. The summed E-state index contributed by atoms with van der Waals surface area (Å²) < 4.78 is 34.4. The SMILES string of the molecule is CCc1nc(COc2c(C)cc(Br)cc2S(N)(=O)=O)no1. The zero-order valence-electron chi connectivity index (χ0n) is 11.5. The van der Waals surface area contributed by atoms with Crippen molar-refractivity contribution in [3.63, 3.8) is 0 Å². The summed E-state index contributed by atoms with van der Waals surface area (Å²) in [4.78, 5) is 4.00. The largest absolute Gasteiger partial charge is 0.484 e. The average molecular weight is 376 g/mol. The van der Waals surface area contributed by atoms with E-state index in [-0.39, 0.29) is 17.3 Å². The Labute approximate surface area is 130 Å². The molecule has 9 heteroatoms. The van der Waals surface area contributed by atoms with Gasteiger partial charge in [0, 0.05) is 10.9 Å². The quantitative estimate of drug-likeness (QED) is 0.854. The highest BCUT2D eigenvalue weighted by atomic mass is 79.9. The Balaban J connectivity index is 2.31. The Bertz CT molecular complexity index is 758. The van der Waals surface area contributed by atoms with Crippen LogP contribution in [0.4, 0.5) is 0 Å². The van der Waals surface area contributed by atoms with Crippen molar-refractivity contribution in [2.75, 3.05) is 0 Å². The minimum absolute atomic E-state index is 0.00546. The highest BCUT2D eigenvalue weighted by Crippen LogP contribution is 2.31. The maximum absolute atomic E-state index is 11.6. The molecular formula is C12H14BrN3O4S. The molecule has 0 saturated carbocycles. The lowest BCUT2D eigenvalue weighted by Crippen LogP contribution is -2.15. The smallest absolute Gasteiger partial charge is 0.241 e. The third-order valence-electron chi connectivity index (χ3n) is 2.67. The van der Waals surface area contributed by atoms with Crippen LogP contribution in [0.25, 0.3) is 0 Å². The van der Waals surface area contributed by atoms with Crippen LogP contribution in [-0.2, 0) is 23.1 Å². The fourth-order valence-corrected chi connectivity index (χ4v) is 3.22. The summed E-state index contributed by atoms with van der Waals surface area (Å²) in [5.74, 6) is 1.02. The number of ether oxygens (including phenoxy) is 1. The molecule has 1 aromatic heterocycles. The molecule has 0 fully saturated rings. The number of halogens is 1. The molecule has 0 radical (unpaired) electrons. The number of aromatic nitrogens is 2. The molecule has 2 aromatic rings. The molecule has 1 heterocycles. The monoisotopic (exact) mass is 375 g/mol. The first-order chi connectivity index (χ1) is 9.81. The van der Waals surface area contributed by atoms with Crippen molar-refractivity contribution >= 4 is 26.0 Å². The van der Waals surface area contributed by atoms with Crippen molar-refractivity contribution < 1.29 is 17.7 Å². The van der Waals surface area contributed by atoms with E-state index < -0.39 is 10.0 Å². The lowest BCUT2D eigenvalue weighted by atomic mass is 10.2. The van der Waals surface area contributed by atoms with Crippen molar-refractivity contribution in [3.8, 4) is 5.75 Å². The van der Waals surface area contributed by atoms with Crippen LogP contribution in [0.15, 0.2) is 26.0 Å². The summed E-state index contributed by atoms with van der Waals surface area (Å²) in [5, 5.41) is 8.95. The van der Waals surface area contributed by atoms with Gasteiger partial charge < -0.3 is 9.26 Å². The van der Waals surface area contributed by atoms with Crippen LogP contribution in [0.2, 0.25) is 0 Å². The predicted molar refractivity (Wildman–Crippen MR) is 78.3 cm³/mol. The molecule has 0 unspecified atom stereocenters. The molecular weight excluding hydrogens is 362 g/mol. The summed E-state index contributed by atoms with van der Waals surface area (Å²) in [6.07, 6.45) is 0.618. The second-order valence-electron chi connectivity index (χ2n) is 4.34. The number of benzene rings is 1. The minimum Gasteiger partial charge on any atom is -0.484 e. The van der Waals surface area contributed by atoms with Gasteiger partial charge >= 0.3 is 0 Å². The molecule has 2 N–H and O–H groups in total. The molecule has 2 rings (SSSR count). The highest BCUT2D eigenvalue weighted by molar-refractivity contribution is 9.10. The Hall–Kier alpha value is -1.45. The van der Waals surface area contributed by atoms with Crippen LogP contribution < -0.4 is 9.88 Å². The molecule has 0 saturated heterocycles. The van der Waals surface area contributed by atoms with Crippen LogP contribution in [0.3, 0.4) is 0 Å². The molecule has 0 aliphatic carbocycles. The second-order valence-corrected chi connectivity index (χ2v) is 6.79. The lowest BCUT2D eigenvalue weighted by Gasteiger charge is -2.12. The van der Waals surface area contributed by atoms with Crippen molar-refractivity contribution in [3.05, 3.63) is 33.9 Å². The van der Waals surface area contributed by atoms with Gasteiger partial charge in [0.05, 0.1) is 0 Å². The molecule has 0 atom stereocenters. The molecule has 0 aliphatic heterocycles. The third kappa shape index (κ3) is 3.80. The van der Waals surface area contributed by atoms with Gasteiger partial charge in [0.25, 0.3) is 0 Å². The highest BCUT2D eigenvalue weighted by Gasteiger charge is 2.19. The van der Waals surface area contributed by atoms with Crippen LogP contribution >= 0.6 is 15.9 Å². The van der Waals surface area contributed by atoms with Gasteiger partial charge in [-0.15, -0.1) is 0 Å². The molecule has 1 aromatic carbocycles. The van der Waals surface area contributed by atoms with E-state index in [0.29, 0.717) is 28.2 Å². The second kappa shape index (κ2) is 6.12. The Kier molecular flexibility index (Phi) is 4.64. The number of aryl methyl sites for hydroxylation is 2. The predicted octanol–water partition coefficient (Wildman–Crippen LogP) is 1.93. The minimum atomic E-state index is -3.90. The topological polar surface area (TPSA) is 108 Å². The summed E-state index contributed by atoms with van der Waals surface area (Å²) in [6.45, 7) is 3.60. The maximum Gasteiger partial charge on any atom is 0.241 e. The number of sulfonamides is 1. The van der Waals surface area contributed by atoms with Gasteiger partial charge in [0.15, 0.2) is 6.61 Å². The fourth-order valence-electron chi connectivity index (χ4n) is 1.72. The van der Waals surface area contributed by atoms with E-state index in [0.717, 1.165) is 0 Å². The van der Waals surface area contributed by atoms with Gasteiger partial charge in [-0.3, -0.25) is 0 Å². The number of hydrogen-bond acceptors (Lipinski definition) is 6. The van der Waals surface area contributed by atoms with Crippen molar-refractivity contribution in [2.45, 2.75) is 31.8 Å². The third-order valence-corrected chi connectivity index (χ3v) is 4.04. The molecule has 7 nitrogen and oxygen atoms in total.